The first-order valence-corrected chi connectivity index (χ1v) is 8.58. The molecule has 2 heterocycles. The van der Waals surface area contributed by atoms with Crippen LogP contribution in [0.4, 0.5) is 5.69 Å². The number of sulfone groups is 1. The number of rotatable bonds is 1. The fourth-order valence-corrected chi connectivity index (χ4v) is 4.94. The maximum absolute atomic E-state index is 11.8. The van der Waals surface area contributed by atoms with Crippen LogP contribution in [0.2, 0.25) is 5.02 Å². The predicted molar refractivity (Wildman–Crippen MR) is 77.9 cm³/mol. The SMILES string of the molecule is Cc1ccc(N2CC(=O)N[C@@H]3CS(=O)(=O)C[C@@H]32)cc1Cl. The minimum Gasteiger partial charge on any atom is -0.356 e. The molecule has 1 aromatic rings. The Kier molecular flexibility index (Phi) is 3.17. The predicted octanol–water partition coefficient (Wildman–Crippen LogP) is 0.750. The van der Waals surface area contributed by atoms with E-state index in [9.17, 15) is 13.2 Å². The van der Waals surface area contributed by atoms with Crippen molar-refractivity contribution >= 4 is 33.0 Å². The van der Waals surface area contributed by atoms with Gasteiger partial charge in [-0.3, -0.25) is 4.79 Å². The number of aryl methyl sites for hydroxylation is 1. The minimum absolute atomic E-state index is 0.0134. The Balaban J connectivity index is 1.98. The highest BCUT2D eigenvalue weighted by Crippen LogP contribution is 2.30. The molecular weight excluding hydrogens is 300 g/mol. The van der Waals surface area contributed by atoms with Gasteiger partial charge in [0.05, 0.1) is 30.1 Å². The smallest absolute Gasteiger partial charge is 0.239 e. The summed E-state index contributed by atoms with van der Waals surface area (Å²) in [6, 6.07) is 5.00. The van der Waals surface area contributed by atoms with Crippen molar-refractivity contribution in [2.45, 2.75) is 19.0 Å². The number of amides is 1. The van der Waals surface area contributed by atoms with Gasteiger partial charge in [-0.25, -0.2) is 8.42 Å². The standard InChI is InChI=1S/C13H15ClN2O3S/c1-8-2-3-9(4-10(8)14)16-5-13(17)15-11-6-20(18,19)7-12(11)16/h2-4,11-12H,5-7H2,1H3,(H,15,17)/t11-,12+/m1/s1. The number of piperazine rings is 1. The molecular formula is C13H15ClN2O3S. The Morgan fingerprint density at radius 1 is 1.35 bits per heavy atom. The van der Waals surface area contributed by atoms with Gasteiger partial charge in [0.2, 0.25) is 5.91 Å². The number of hydrogen-bond donors (Lipinski definition) is 1. The van der Waals surface area contributed by atoms with Gasteiger partial charge >= 0.3 is 0 Å². The van der Waals surface area contributed by atoms with E-state index in [0.29, 0.717) is 5.02 Å². The Hall–Kier alpha value is -1.27. The minimum atomic E-state index is -3.10. The van der Waals surface area contributed by atoms with Crippen LogP contribution in [0.1, 0.15) is 5.56 Å². The van der Waals surface area contributed by atoms with Gasteiger partial charge in [-0.05, 0) is 24.6 Å². The number of carbonyl (C=O) groups excluding carboxylic acids is 1. The summed E-state index contributed by atoms with van der Waals surface area (Å²) in [5.74, 6) is -0.0665. The van der Waals surface area contributed by atoms with Gasteiger partial charge in [0.1, 0.15) is 0 Å². The molecule has 108 valence electrons. The molecule has 3 rings (SSSR count). The average molecular weight is 315 g/mol. The lowest BCUT2D eigenvalue weighted by Gasteiger charge is -2.38. The van der Waals surface area contributed by atoms with Gasteiger partial charge in [-0.2, -0.15) is 0 Å². The zero-order valence-electron chi connectivity index (χ0n) is 11.0. The van der Waals surface area contributed by atoms with E-state index in [2.05, 4.69) is 5.32 Å². The molecule has 5 nitrogen and oxygen atoms in total. The second kappa shape index (κ2) is 4.63. The maximum Gasteiger partial charge on any atom is 0.239 e. The highest BCUT2D eigenvalue weighted by Gasteiger charge is 2.45. The van der Waals surface area contributed by atoms with Crippen molar-refractivity contribution < 1.29 is 13.2 Å². The Bertz CT molecular complexity index is 674. The number of fused-ring (bicyclic) bond motifs is 1. The molecule has 2 aliphatic heterocycles. The van der Waals surface area contributed by atoms with E-state index in [1.54, 1.807) is 6.07 Å². The number of benzene rings is 1. The van der Waals surface area contributed by atoms with Crippen molar-refractivity contribution in [3.05, 3.63) is 28.8 Å². The van der Waals surface area contributed by atoms with Crippen molar-refractivity contribution in [3.8, 4) is 0 Å². The average Bonchev–Trinajstić information content (AvgIpc) is 2.65. The van der Waals surface area contributed by atoms with Crippen molar-refractivity contribution in [1.29, 1.82) is 0 Å². The second-order valence-electron chi connectivity index (χ2n) is 5.38. The van der Waals surface area contributed by atoms with E-state index < -0.39 is 9.84 Å². The molecule has 0 radical (unpaired) electrons. The Morgan fingerprint density at radius 3 is 2.80 bits per heavy atom. The molecule has 1 amide bonds. The van der Waals surface area contributed by atoms with Gasteiger partial charge in [-0.15, -0.1) is 0 Å². The highest BCUT2D eigenvalue weighted by atomic mass is 35.5. The second-order valence-corrected chi connectivity index (χ2v) is 7.94. The van der Waals surface area contributed by atoms with E-state index in [4.69, 9.17) is 11.6 Å². The molecule has 20 heavy (non-hydrogen) atoms. The number of hydrogen-bond acceptors (Lipinski definition) is 4. The lowest BCUT2D eigenvalue weighted by Crippen LogP contribution is -2.60. The molecule has 0 aliphatic carbocycles. The van der Waals surface area contributed by atoms with Gasteiger partial charge in [0.15, 0.2) is 9.84 Å². The molecule has 1 aromatic carbocycles. The lowest BCUT2D eigenvalue weighted by molar-refractivity contribution is -0.121. The number of halogens is 1. The third-order valence-corrected chi connectivity index (χ3v) is 5.99. The first-order valence-electron chi connectivity index (χ1n) is 6.38. The molecule has 0 saturated carbocycles. The van der Waals surface area contributed by atoms with Crippen molar-refractivity contribution in [1.82, 2.24) is 5.32 Å². The van der Waals surface area contributed by atoms with Crippen LogP contribution in [-0.4, -0.2) is 44.5 Å². The molecule has 0 unspecified atom stereocenters. The largest absolute Gasteiger partial charge is 0.356 e. The van der Waals surface area contributed by atoms with Crippen molar-refractivity contribution in [2.75, 3.05) is 23.0 Å². The van der Waals surface area contributed by atoms with Gasteiger partial charge in [0, 0.05) is 10.7 Å². The monoisotopic (exact) mass is 314 g/mol. The fourth-order valence-electron chi connectivity index (χ4n) is 2.84. The third-order valence-electron chi connectivity index (χ3n) is 3.87. The zero-order valence-corrected chi connectivity index (χ0v) is 12.5. The summed E-state index contributed by atoms with van der Waals surface area (Å²) in [7, 11) is -3.10. The van der Waals surface area contributed by atoms with E-state index in [1.807, 2.05) is 24.0 Å². The molecule has 0 spiro atoms. The molecule has 7 heteroatoms. The quantitative estimate of drug-likeness (QED) is 0.831. The lowest BCUT2D eigenvalue weighted by atomic mass is 10.1. The first-order chi connectivity index (χ1) is 9.35. The van der Waals surface area contributed by atoms with E-state index in [-0.39, 0.29) is 36.0 Å². The number of nitrogens with one attached hydrogen (secondary N) is 1. The van der Waals surface area contributed by atoms with Crippen LogP contribution in [0, 0.1) is 6.92 Å². The topological polar surface area (TPSA) is 66.5 Å². The molecule has 1 N–H and O–H groups in total. The zero-order chi connectivity index (χ0) is 14.5. The highest BCUT2D eigenvalue weighted by molar-refractivity contribution is 7.91. The summed E-state index contributed by atoms with van der Waals surface area (Å²) in [5, 5.41) is 3.38. The van der Waals surface area contributed by atoms with E-state index >= 15 is 0 Å². The van der Waals surface area contributed by atoms with Crippen molar-refractivity contribution in [2.24, 2.45) is 0 Å². The number of carbonyl (C=O) groups is 1. The van der Waals surface area contributed by atoms with Crippen LogP contribution >= 0.6 is 11.6 Å². The van der Waals surface area contributed by atoms with Crippen LogP contribution in [0.15, 0.2) is 18.2 Å². The van der Waals surface area contributed by atoms with Gasteiger partial charge in [-0.1, -0.05) is 17.7 Å². The molecule has 2 fully saturated rings. The Morgan fingerprint density at radius 2 is 2.10 bits per heavy atom. The summed E-state index contributed by atoms with van der Waals surface area (Å²) in [6.07, 6.45) is 0. The molecule has 0 aromatic heterocycles. The normalized spacial score (nSPS) is 28.1. The molecule has 2 aliphatic rings. The summed E-state index contributed by atoms with van der Waals surface area (Å²) < 4.78 is 23.6. The number of anilines is 1. The van der Waals surface area contributed by atoms with Crippen LogP contribution < -0.4 is 10.2 Å². The maximum atomic E-state index is 11.8. The summed E-state index contributed by atoms with van der Waals surface area (Å²) in [4.78, 5) is 13.6. The molecule has 0 bridgehead atoms. The van der Waals surface area contributed by atoms with Crippen molar-refractivity contribution in [3.63, 3.8) is 0 Å². The van der Waals surface area contributed by atoms with Crippen LogP contribution in [0.5, 0.6) is 0 Å². The van der Waals surface area contributed by atoms with E-state index in [0.717, 1.165) is 11.3 Å². The van der Waals surface area contributed by atoms with E-state index in [1.165, 1.54) is 0 Å². The van der Waals surface area contributed by atoms with Gasteiger partial charge < -0.3 is 10.2 Å². The fraction of sp³-hybridized carbons (Fsp3) is 0.462. The Labute approximate surface area is 122 Å². The molecule has 2 saturated heterocycles. The summed E-state index contributed by atoms with van der Waals surface area (Å²) in [5.41, 5.74) is 1.75. The molecule has 2 atom stereocenters. The van der Waals surface area contributed by atoms with Gasteiger partial charge in [0.25, 0.3) is 0 Å². The third kappa shape index (κ3) is 2.38. The first kappa shape index (κ1) is 13.7. The number of nitrogens with zero attached hydrogens (tertiary/aromatic N) is 1. The summed E-state index contributed by atoms with van der Waals surface area (Å²) in [6.45, 7) is 2.06. The van der Waals surface area contributed by atoms with Crippen LogP contribution in [0.25, 0.3) is 0 Å². The van der Waals surface area contributed by atoms with Crippen LogP contribution in [0.3, 0.4) is 0 Å². The van der Waals surface area contributed by atoms with Crippen LogP contribution in [-0.2, 0) is 14.6 Å². The summed E-state index contributed by atoms with van der Waals surface area (Å²) >= 11 is 6.12.